The molecule has 19 heavy (non-hydrogen) atoms. The Hall–Kier alpha value is -2.22. The minimum absolute atomic E-state index is 0.0226. The van der Waals surface area contributed by atoms with Gasteiger partial charge in [0, 0.05) is 6.07 Å². The quantitative estimate of drug-likeness (QED) is 0.690. The van der Waals surface area contributed by atoms with Crippen molar-refractivity contribution in [2.75, 3.05) is 0 Å². The molecule has 0 amide bonds. The van der Waals surface area contributed by atoms with Gasteiger partial charge in [0.15, 0.2) is 0 Å². The van der Waals surface area contributed by atoms with Crippen LogP contribution in [0.4, 0.5) is 5.69 Å². The number of hydrogen-bond donors (Lipinski definition) is 1. The van der Waals surface area contributed by atoms with Gasteiger partial charge in [0.25, 0.3) is 5.56 Å². The number of nitrogens with zero attached hydrogens (tertiary/aromatic N) is 2. The van der Waals surface area contributed by atoms with E-state index in [1.165, 1.54) is 12.1 Å². The number of ether oxygens (including phenoxy) is 1. The summed E-state index contributed by atoms with van der Waals surface area (Å²) in [7, 11) is 0. The van der Waals surface area contributed by atoms with Gasteiger partial charge in [0.05, 0.1) is 11.3 Å². The number of nitro benzene ring substituents is 1. The van der Waals surface area contributed by atoms with Crippen molar-refractivity contribution in [2.24, 2.45) is 0 Å². The van der Waals surface area contributed by atoms with Crippen molar-refractivity contribution >= 4 is 21.6 Å². The Morgan fingerprint density at radius 3 is 2.89 bits per heavy atom. The third kappa shape index (κ3) is 2.79. The maximum atomic E-state index is 11.3. The summed E-state index contributed by atoms with van der Waals surface area (Å²) in [6, 6.07) is 4.52. The zero-order valence-electron chi connectivity index (χ0n) is 9.71. The topological polar surface area (TPSA) is 98.1 Å². The molecule has 0 fully saturated rings. The van der Waals surface area contributed by atoms with Gasteiger partial charge in [-0.15, -0.1) is 0 Å². The summed E-state index contributed by atoms with van der Waals surface area (Å²) < 4.78 is 5.39. The number of rotatable bonds is 3. The molecule has 0 aliphatic carbocycles. The van der Waals surface area contributed by atoms with Crippen molar-refractivity contribution in [3.63, 3.8) is 0 Å². The Kier molecular flexibility index (Phi) is 3.61. The van der Waals surface area contributed by atoms with E-state index in [0.29, 0.717) is 0 Å². The lowest BCUT2D eigenvalue weighted by Crippen LogP contribution is -2.08. The van der Waals surface area contributed by atoms with Gasteiger partial charge in [-0.05, 0) is 34.5 Å². The second-order valence-corrected chi connectivity index (χ2v) is 4.47. The van der Waals surface area contributed by atoms with Crippen molar-refractivity contribution in [3.05, 3.63) is 55.0 Å². The number of nitro groups is 1. The van der Waals surface area contributed by atoms with Crippen molar-refractivity contribution < 1.29 is 9.66 Å². The summed E-state index contributed by atoms with van der Waals surface area (Å²) in [5.41, 5.74) is 0.116. The van der Waals surface area contributed by atoms with Crippen LogP contribution in [0.25, 0.3) is 0 Å². The fourth-order valence-electron chi connectivity index (χ4n) is 1.40. The van der Waals surface area contributed by atoms with Crippen molar-refractivity contribution in [1.29, 1.82) is 0 Å². The second-order valence-electron chi connectivity index (χ2n) is 3.68. The fourth-order valence-corrected chi connectivity index (χ4v) is 1.70. The molecule has 0 unspecified atom stereocenters. The van der Waals surface area contributed by atoms with Crippen LogP contribution in [0.1, 0.15) is 5.56 Å². The molecule has 1 N–H and O–H groups in total. The van der Waals surface area contributed by atoms with Crippen LogP contribution < -0.4 is 10.3 Å². The van der Waals surface area contributed by atoms with Crippen LogP contribution in [0.2, 0.25) is 0 Å². The van der Waals surface area contributed by atoms with Crippen LogP contribution in [0.5, 0.6) is 11.6 Å². The summed E-state index contributed by atoms with van der Waals surface area (Å²) in [6.45, 7) is 1.73. The van der Waals surface area contributed by atoms with Gasteiger partial charge in [-0.3, -0.25) is 14.9 Å². The van der Waals surface area contributed by atoms with Crippen molar-refractivity contribution in [2.45, 2.75) is 6.92 Å². The first-order valence-electron chi connectivity index (χ1n) is 5.15. The standard InChI is InChI=1S/C11H8BrN3O4/c1-6-2-3-8(7(4-6)15(17)18)19-11-9(12)10(16)13-5-14-11/h2-5H,1H3,(H,13,14,16). The Balaban J connectivity index is 2.46. The van der Waals surface area contributed by atoms with Gasteiger partial charge < -0.3 is 9.72 Å². The van der Waals surface area contributed by atoms with Crippen LogP contribution in [-0.4, -0.2) is 14.9 Å². The first-order valence-corrected chi connectivity index (χ1v) is 5.94. The zero-order chi connectivity index (χ0) is 14.0. The van der Waals surface area contributed by atoms with Crippen molar-refractivity contribution in [3.8, 4) is 11.6 Å². The van der Waals surface area contributed by atoms with Gasteiger partial charge in [-0.25, -0.2) is 4.98 Å². The van der Waals surface area contributed by atoms with Gasteiger partial charge in [-0.2, -0.15) is 0 Å². The highest BCUT2D eigenvalue weighted by atomic mass is 79.9. The van der Waals surface area contributed by atoms with E-state index in [4.69, 9.17) is 4.74 Å². The van der Waals surface area contributed by atoms with E-state index in [1.54, 1.807) is 13.0 Å². The zero-order valence-corrected chi connectivity index (χ0v) is 11.3. The van der Waals surface area contributed by atoms with Gasteiger partial charge in [0.2, 0.25) is 11.6 Å². The van der Waals surface area contributed by atoms with Gasteiger partial charge in [0.1, 0.15) is 4.47 Å². The molecule has 98 valence electrons. The summed E-state index contributed by atoms with van der Waals surface area (Å²) in [5, 5.41) is 10.9. The Labute approximate surface area is 115 Å². The first kappa shape index (κ1) is 13.2. The molecule has 1 heterocycles. The van der Waals surface area contributed by atoms with E-state index in [2.05, 4.69) is 25.9 Å². The predicted molar refractivity (Wildman–Crippen MR) is 70.5 cm³/mol. The molecule has 0 aliphatic heterocycles. The lowest BCUT2D eigenvalue weighted by molar-refractivity contribution is -0.385. The highest BCUT2D eigenvalue weighted by molar-refractivity contribution is 9.10. The molecule has 8 heteroatoms. The highest BCUT2D eigenvalue weighted by Crippen LogP contribution is 2.32. The summed E-state index contributed by atoms with van der Waals surface area (Å²) in [4.78, 5) is 27.9. The van der Waals surface area contributed by atoms with Crippen LogP contribution in [0, 0.1) is 17.0 Å². The number of aromatic nitrogens is 2. The van der Waals surface area contributed by atoms with Crippen LogP contribution in [0.3, 0.4) is 0 Å². The van der Waals surface area contributed by atoms with Crippen molar-refractivity contribution in [1.82, 2.24) is 9.97 Å². The molecular formula is C11H8BrN3O4. The summed E-state index contributed by atoms with van der Waals surface area (Å²) in [5.74, 6) is -0.00916. The molecule has 0 atom stereocenters. The fraction of sp³-hybridized carbons (Fsp3) is 0.0909. The second kappa shape index (κ2) is 5.19. The monoisotopic (exact) mass is 325 g/mol. The average molecular weight is 326 g/mol. The SMILES string of the molecule is Cc1ccc(Oc2nc[nH]c(=O)c2Br)c([N+](=O)[O-])c1. The third-order valence-corrected chi connectivity index (χ3v) is 2.98. The minimum atomic E-state index is -0.552. The molecule has 0 radical (unpaired) electrons. The molecule has 0 saturated heterocycles. The van der Waals surface area contributed by atoms with Gasteiger partial charge >= 0.3 is 5.69 Å². The molecule has 1 aromatic heterocycles. The largest absolute Gasteiger partial charge is 0.430 e. The van der Waals surface area contributed by atoms with E-state index < -0.39 is 10.5 Å². The smallest absolute Gasteiger partial charge is 0.311 e. The molecule has 0 bridgehead atoms. The molecule has 0 spiro atoms. The molecule has 0 aliphatic rings. The molecule has 0 saturated carbocycles. The number of aryl methyl sites for hydroxylation is 1. The molecule has 7 nitrogen and oxygen atoms in total. The lowest BCUT2D eigenvalue weighted by atomic mass is 10.2. The first-order chi connectivity index (χ1) is 8.99. The Morgan fingerprint density at radius 2 is 2.21 bits per heavy atom. The Morgan fingerprint density at radius 1 is 1.47 bits per heavy atom. The van der Waals surface area contributed by atoms with E-state index in [0.717, 1.165) is 11.9 Å². The average Bonchev–Trinajstić information content (AvgIpc) is 2.36. The normalized spacial score (nSPS) is 10.2. The predicted octanol–water partition coefficient (Wildman–Crippen LogP) is 2.54. The van der Waals surface area contributed by atoms with E-state index in [-0.39, 0.29) is 21.8 Å². The number of H-pyrrole nitrogens is 1. The summed E-state index contributed by atoms with van der Waals surface area (Å²) in [6.07, 6.45) is 1.16. The van der Waals surface area contributed by atoms with E-state index >= 15 is 0 Å². The summed E-state index contributed by atoms with van der Waals surface area (Å²) >= 11 is 3.01. The van der Waals surface area contributed by atoms with Crippen LogP contribution in [0.15, 0.2) is 33.8 Å². The number of aromatic amines is 1. The van der Waals surface area contributed by atoms with Crippen LogP contribution in [-0.2, 0) is 0 Å². The van der Waals surface area contributed by atoms with Gasteiger partial charge in [-0.1, -0.05) is 6.07 Å². The highest BCUT2D eigenvalue weighted by Gasteiger charge is 2.18. The number of hydrogen-bond acceptors (Lipinski definition) is 5. The molecular weight excluding hydrogens is 318 g/mol. The number of benzene rings is 1. The Bertz CT molecular complexity index is 699. The molecule has 1 aromatic carbocycles. The van der Waals surface area contributed by atoms with E-state index in [9.17, 15) is 14.9 Å². The molecule has 2 aromatic rings. The molecule has 2 rings (SSSR count). The maximum absolute atomic E-state index is 11.3. The third-order valence-electron chi connectivity index (χ3n) is 2.28. The van der Waals surface area contributed by atoms with Crippen LogP contribution >= 0.6 is 15.9 Å². The minimum Gasteiger partial charge on any atom is -0.430 e. The maximum Gasteiger partial charge on any atom is 0.311 e. The van der Waals surface area contributed by atoms with E-state index in [1.807, 2.05) is 0 Å². The lowest BCUT2D eigenvalue weighted by Gasteiger charge is -2.06. The number of halogens is 1. The number of nitrogens with one attached hydrogen (secondary N) is 1.